The zero-order valence-electron chi connectivity index (χ0n) is 60.3. The maximum Gasteiger partial charge on any atom is 1.00 e. The van der Waals surface area contributed by atoms with Crippen molar-refractivity contribution in [2.45, 2.75) is 244 Å². The molecule has 0 fully saturated rings. The summed E-state index contributed by atoms with van der Waals surface area (Å²) in [4.78, 5) is 78.8. The summed E-state index contributed by atoms with van der Waals surface area (Å²) in [6.45, 7) is 28.5. The van der Waals surface area contributed by atoms with Gasteiger partial charge in [-0.15, -0.1) is 0 Å². The summed E-state index contributed by atoms with van der Waals surface area (Å²) in [5, 5.41) is 30.5. The number of nitrogens with zero attached hydrogens (tertiary/aromatic N) is 3. The number of phosphoric acid groups is 1. The Bertz CT molecular complexity index is 3570. The van der Waals surface area contributed by atoms with Crippen LogP contribution in [0.3, 0.4) is 0 Å². The van der Waals surface area contributed by atoms with Crippen molar-refractivity contribution in [1.29, 1.82) is 0 Å². The van der Waals surface area contributed by atoms with Gasteiger partial charge < -0.3 is 43.7 Å². The van der Waals surface area contributed by atoms with Crippen LogP contribution in [-0.4, -0.2) is 90.4 Å². The van der Waals surface area contributed by atoms with Crippen LogP contribution in [0.25, 0.3) is 22.6 Å². The molecule has 4 rings (SSSR count). The fraction of sp³-hybridized carbons (Fsp3) is 0.526. The molecule has 19 heteroatoms. The predicted molar refractivity (Wildman–Crippen MR) is 379 cm³/mol. The number of aliphatic hydroxyl groups excluding tert-OH is 3. The molecule has 1 aliphatic carbocycles. The number of hydrogen-bond donors (Lipinski definition) is 5. The van der Waals surface area contributed by atoms with Gasteiger partial charge in [-0.3, -0.25) is 23.9 Å². The average molecular weight is 1340 g/mol. The summed E-state index contributed by atoms with van der Waals surface area (Å²) in [6.07, 6.45) is 38.8. The van der Waals surface area contributed by atoms with E-state index in [0.29, 0.717) is 28.6 Å². The molecule has 518 valence electrons. The molecule has 2 heterocycles. The maximum absolute atomic E-state index is 12.9. The van der Waals surface area contributed by atoms with Crippen LogP contribution in [0.15, 0.2) is 161 Å². The number of H-pyrrole nitrogens is 1. The molecule has 2 aliphatic heterocycles. The zero-order valence-corrected chi connectivity index (χ0v) is 63.2. The van der Waals surface area contributed by atoms with Crippen LogP contribution in [0.5, 0.6) is 0 Å². The van der Waals surface area contributed by atoms with E-state index in [4.69, 9.17) is 14.4 Å². The number of phosphoric ester groups is 1. The molecule has 0 bridgehead atoms. The fourth-order valence-corrected chi connectivity index (χ4v) is 11.0. The Morgan fingerprint density at radius 2 is 0.905 bits per heavy atom. The van der Waals surface area contributed by atoms with Crippen LogP contribution in [0, 0.1) is 13.8 Å². The number of aryl methyl sites for hydroxylation is 2. The quantitative estimate of drug-likeness (QED) is 0.0117. The number of carbonyl (C=O) groups excluding carboxylic acids is 2. The molecule has 95 heavy (non-hydrogen) atoms. The van der Waals surface area contributed by atoms with Crippen molar-refractivity contribution in [3.63, 3.8) is 0 Å². The van der Waals surface area contributed by atoms with E-state index in [2.05, 4.69) is 151 Å². The first-order valence-electron chi connectivity index (χ1n) is 33.2. The minimum Gasteiger partial charge on any atom is -0.756 e. The molecule has 5 N–H and O–H groups in total. The summed E-state index contributed by atoms with van der Waals surface area (Å²) < 4.78 is 26.3. The number of ketones is 2. The van der Waals surface area contributed by atoms with E-state index in [1.54, 1.807) is 19.1 Å². The van der Waals surface area contributed by atoms with Crippen LogP contribution < -0.4 is 45.7 Å². The van der Waals surface area contributed by atoms with Gasteiger partial charge in [0.2, 0.25) is 23.1 Å². The van der Waals surface area contributed by atoms with Gasteiger partial charge >= 0.3 is 35.2 Å². The smallest absolute Gasteiger partial charge is 0.756 e. The van der Waals surface area contributed by atoms with Crippen molar-refractivity contribution >= 4 is 30.4 Å². The number of Topliss-reactive ketones (excluding diaryl/α,β-unsaturated/α-hetero) is 2. The summed E-state index contributed by atoms with van der Waals surface area (Å²) in [5.74, 6) is -0.724. The Hall–Kier alpha value is -5.69. The number of aromatic nitrogens is 4. The molecule has 1 aromatic carbocycles. The van der Waals surface area contributed by atoms with Crippen molar-refractivity contribution in [2.75, 3.05) is 20.8 Å². The summed E-state index contributed by atoms with van der Waals surface area (Å²) in [5.41, 5.74) is 16.0. The molecule has 3 aliphatic rings. The average Bonchev–Trinajstić information content (AvgIpc) is 0.763. The van der Waals surface area contributed by atoms with Gasteiger partial charge in [0.1, 0.15) is 18.3 Å². The largest absolute Gasteiger partial charge is 1.00 e. The second kappa shape index (κ2) is 44.3. The molecule has 0 spiro atoms. The summed E-state index contributed by atoms with van der Waals surface area (Å²) >= 11 is 0. The van der Waals surface area contributed by atoms with Crippen LogP contribution in [0.4, 0.5) is 0 Å². The second-order valence-corrected chi connectivity index (χ2v) is 26.9. The molecule has 1 aromatic rings. The van der Waals surface area contributed by atoms with Crippen molar-refractivity contribution < 1.29 is 82.8 Å². The number of methoxy groups -OCH3 is 2. The van der Waals surface area contributed by atoms with Gasteiger partial charge in [-0.1, -0.05) is 116 Å². The normalized spacial score (nSPS) is 16.0. The van der Waals surface area contributed by atoms with Gasteiger partial charge in [0.05, 0.1) is 38.4 Å². The molecule has 1 unspecified atom stereocenters. The molecule has 0 saturated carbocycles. The number of nitrogens with one attached hydrogen (secondary N) is 1. The van der Waals surface area contributed by atoms with E-state index in [0.717, 1.165) is 107 Å². The number of hydrogen-bond acceptors (Lipinski definition) is 14. The van der Waals surface area contributed by atoms with Crippen molar-refractivity contribution in [3.05, 3.63) is 183 Å². The fourth-order valence-electron chi connectivity index (χ4n) is 10.6. The van der Waals surface area contributed by atoms with E-state index in [1.807, 2.05) is 18.8 Å². The Kier molecular flexibility index (Phi) is 39.8. The SMILES string of the molecule is COC1=C(OC)C(=O)C(C/C=C(\C)CC/C=C(\C)CC/C=C(\C)CC/C=C(\C)CC/C=C(\C)CC/C=C(/C)CC/C=C(\C)CC/C=C(\C)CC/C=C(\C)CCC=C(C)C)=C(C)C1=O.Cc1cc2nc3c(=O)[nH]c(=O)nc-3n(C[C@H](O)[C@H](O)[C@H](O)COP(=O)([O-])O)c2cc1C.[Na+]. The molecule has 0 radical (unpaired) electrons. The monoisotopic (exact) mass is 1340 g/mol. The number of rotatable bonds is 38. The predicted octanol–water partition coefficient (Wildman–Crippen LogP) is 12.6. The number of aromatic amines is 1. The van der Waals surface area contributed by atoms with Gasteiger partial charge in [-0.25, -0.2) is 9.78 Å². The molecule has 0 amide bonds. The Labute approximate surface area is 588 Å². The van der Waals surface area contributed by atoms with Gasteiger partial charge in [-0.05, 0) is 242 Å². The maximum atomic E-state index is 12.9. The topological polar surface area (TPSA) is 264 Å². The third-order valence-corrected chi connectivity index (χ3v) is 17.4. The minimum atomic E-state index is -5.14. The Morgan fingerprint density at radius 3 is 1.27 bits per heavy atom. The molecular weight excluding hydrogens is 1230 g/mol. The third kappa shape index (κ3) is 32.0. The molecule has 0 saturated heterocycles. The standard InChI is InChI=1S/C59H90O4.C17H21N4O9P.Na/c1-44(2)24-15-25-45(3)26-16-27-46(4)28-17-29-47(5)30-18-31-48(6)32-19-33-49(7)34-20-35-50(8)36-21-37-51(9)38-22-39-52(10)40-23-41-53(11)42-43-55-54(12)56(60)58(62-13)59(63-14)57(55)61;1-7-3-9-10(4-8(7)2)21(15-13(18-9)16(25)20-17(26)19-15)5-11(22)14(24)12(23)6-30-31(27,28)29;/h24,26,28,30,32,34,36,38,40,42H,15-23,25,27,29,31,33,35,37,39,41,43H2,1-14H3;3-4,11-12,14,22-24H,5-6H2,1-2H3,(H,20,25,26)(H2,27,28,29);/q;;+1/p-1/b45-26+,46-28+,47-30+,48-32-,49-34+,50-36+,51-38+,52-40+,53-42+;;/t;11-,12+,14-;/m.0./s1. The number of ether oxygens (including phenoxy) is 2. The summed E-state index contributed by atoms with van der Waals surface area (Å²) in [6, 6.07) is 3.40. The van der Waals surface area contributed by atoms with Crippen molar-refractivity contribution in [3.8, 4) is 11.5 Å². The number of aliphatic hydroxyl groups is 3. The summed E-state index contributed by atoms with van der Waals surface area (Å²) in [7, 11) is -2.36. The Morgan fingerprint density at radius 1 is 0.547 bits per heavy atom. The first-order chi connectivity index (χ1) is 44.3. The van der Waals surface area contributed by atoms with Crippen LogP contribution in [0.1, 0.15) is 216 Å². The van der Waals surface area contributed by atoms with E-state index in [1.165, 1.54) is 93.8 Å². The minimum absolute atomic E-state index is 0. The number of carbonyl (C=O) groups is 2. The number of benzene rings is 1. The molecule has 0 aromatic heterocycles. The zero-order chi connectivity index (χ0) is 70.2. The van der Waals surface area contributed by atoms with Gasteiger partial charge in [0, 0.05) is 11.1 Å². The first kappa shape index (κ1) is 85.4. The van der Waals surface area contributed by atoms with E-state index < -0.39 is 50.5 Å². The van der Waals surface area contributed by atoms with Crippen LogP contribution >= 0.6 is 7.82 Å². The number of allylic oxidation sites excluding steroid dienone is 22. The number of fused-ring (bicyclic) bond motifs is 2. The van der Waals surface area contributed by atoms with Crippen molar-refractivity contribution in [2.24, 2.45) is 0 Å². The van der Waals surface area contributed by atoms with Crippen LogP contribution in [-0.2, 0) is 34.7 Å². The van der Waals surface area contributed by atoms with E-state index in [-0.39, 0.29) is 64.2 Å². The van der Waals surface area contributed by atoms with Gasteiger partial charge in [-0.2, -0.15) is 4.98 Å². The van der Waals surface area contributed by atoms with E-state index >= 15 is 0 Å². The molecular formula is C76H110N4NaO13P. The van der Waals surface area contributed by atoms with Gasteiger partial charge in [0.15, 0.2) is 11.5 Å². The van der Waals surface area contributed by atoms with Gasteiger partial charge in [0.25, 0.3) is 13.4 Å². The van der Waals surface area contributed by atoms with Crippen molar-refractivity contribution in [1.82, 2.24) is 19.5 Å². The van der Waals surface area contributed by atoms with E-state index in [9.17, 15) is 44.0 Å². The molecule has 17 nitrogen and oxygen atoms in total. The molecule has 4 atom stereocenters. The first-order valence-corrected chi connectivity index (χ1v) is 34.6. The second-order valence-electron chi connectivity index (χ2n) is 25.7. The Balaban J connectivity index is 0.000000795. The van der Waals surface area contributed by atoms with Crippen LogP contribution in [0.2, 0.25) is 0 Å². The third-order valence-electron chi connectivity index (χ3n) is 16.9.